The molecule has 0 radical (unpaired) electrons. The van der Waals surface area contributed by atoms with Gasteiger partial charge in [-0.05, 0) is 54.4 Å². The van der Waals surface area contributed by atoms with Gasteiger partial charge in [0, 0.05) is 31.3 Å². The van der Waals surface area contributed by atoms with Crippen molar-refractivity contribution in [3.8, 4) is 12.3 Å². The van der Waals surface area contributed by atoms with Gasteiger partial charge in [0.05, 0.1) is 11.4 Å². The van der Waals surface area contributed by atoms with Gasteiger partial charge in [0.15, 0.2) is 0 Å². The number of amides is 2. The minimum absolute atomic E-state index is 0.0572. The summed E-state index contributed by atoms with van der Waals surface area (Å²) in [7, 11) is -3.75. The minimum Gasteiger partial charge on any atom is -0.326 e. The quantitative estimate of drug-likeness (QED) is 0.448. The summed E-state index contributed by atoms with van der Waals surface area (Å²) < 4.78 is 27.7. The highest BCUT2D eigenvalue weighted by Gasteiger charge is 2.17. The van der Waals surface area contributed by atoms with Crippen LogP contribution < -0.4 is 10.0 Å². The van der Waals surface area contributed by atoms with Crippen LogP contribution in [0.5, 0.6) is 0 Å². The molecule has 0 bridgehead atoms. The smallest absolute Gasteiger partial charge is 0.254 e. The van der Waals surface area contributed by atoms with Crippen LogP contribution >= 0.6 is 0 Å². The molecule has 0 spiro atoms. The third-order valence-electron chi connectivity index (χ3n) is 5.22. The van der Waals surface area contributed by atoms with Gasteiger partial charge in [0.2, 0.25) is 15.9 Å². The summed E-state index contributed by atoms with van der Waals surface area (Å²) >= 11 is 0. The molecule has 3 aromatic rings. The van der Waals surface area contributed by atoms with Crippen molar-refractivity contribution in [3.05, 3.63) is 95.1 Å². The van der Waals surface area contributed by atoms with Gasteiger partial charge in [-0.1, -0.05) is 47.9 Å². The number of sulfonamides is 1. The number of carbonyl (C=O) groups excluding carboxylic acids is 2. The molecule has 0 heterocycles. The second-order valence-electron chi connectivity index (χ2n) is 8.08. The predicted octanol–water partition coefficient (Wildman–Crippen LogP) is 3.71. The summed E-state index contributed by atoms with van der Waals surface area (Å²) in [6.07, 6.45) is 5.48. The Morgan fingerprint density at radius 2 is 1.51 bits per heavy atom. The minimum atomic E-state index is -3.75. The first-order chi connectivity index (χ1) is 16.7. The van der Waals surface area contributed by atoms with Crippen LogP contribution in [-0.4, -0.2) is 31.7 Å². The van der Waals surface area contributed by atoms with E-state index in [1.807, 2.05) is 31.2 Å². The third-order valence-corrected chi connectivity index (χ3v) is 6.63. The second-order valence-corrected chi connectivity index (χ2v) is 9.84. The van der Waals surface area contributed by atoms with E-state index in [4.69, 9.17) is 6.42 Å². The first kappa shape index (κ1) is 25.7. The van der Waals surface area contributed by atoms with E-state index in [2.05, 4.69) is 16.0 Å². The standard InChI is InChI=1S/C27H27N3O4S/c1-4-17-30(19-23-7-5-20(2)6-8-23)27(32)24-11-9-22(10-12-24)18-28-35(33,34)26-15-13-25(14-16-26)29-21(3)31/h1,5-16,28H,17-19H2,2-3H3,(H,29,31). The first-order valence-electron chi connectivity index (χ1n) is 10.9. The van der Waals surface area contributed by atoms with Gasteiger partial charge in [-0.15, -0.1) is 6.42 Å². The second kappa shape index (κ2) is 11.5. The van der Waals surface area contributed by atoms with Gasteiger partial charge < -0.3 is 10.2 Å². The SMILES string of the molecule is C#CCN(Cc1ccc(C)cc1)C(=O)c1ccc(CNS(=O)(=O)c2ccc(NC(C)=O)cc2)cc1. The van der Waals surface area contributed by atoms with Crippen molar-refractivity contribution in [3.63, 3.8) is 0 Å². The highest BCUT2D eigenvalue weighted by molar-refractivity contribution is 7.89. The molecule has 0 aromatic heterocycles. The largest absolute Gasteiger partial charge is 0.326 e. The van der Waals surface area contributed by atoms with Crippen LogP contribution in [0.4, 0.5) is 5.69 Å². The fourth-order valence-corrected chi connectivity index (χ4v) is 4.37. The molecule has 0 aliphatic carbocycles. The summed E-state index contributed by atoms with van der Waals surface area (Å²) in [5, 5.41) is 2.59. The Bertz CT molecular complexity index is 1330. The number of hydrogen-bond donors (Lipinski definition) is 2. The fraction of sp³-hybridized carbons (Fsp3) is 0.185. The Hall–Kier alpha value is -3.93. The molecule has 0 unspecified atom stereocenters. The molecule has 180 valence electrons. The number of nitrogens with one attached hydrogen (secondary N) is 2. The maximum atomic E-state index is 13.0. The van der Waals surface area contributed by atoms with Gasteiger partial charge >= 0.3 is 0 Å². The molecule has 8 heteroatoms. The van der Waals surface area contributed by atoms with E-state index in [-0.39, 0.29) is 29.8 Å². The lowest BCUT2D eigenvalue weighted by molar-refractivity contribution is -0.114. The number of aryl methyl sites for hydroxylation is 1. The van der Waals surface area contributed by atoms with E-state index in [0.717, 1.165) is 11.1 Å². The average Bonchev–Trinajstić information content (AvgIpc) is 2.84. The average molecular weight is 490 g/mol. The van der Waals surface area contributed by atoms with Crippen molar-refractivity contribution >= 4 is 27.5 Å². The van der Waals surface area contributed by atoms with E-state index in [1.54, 1.807) is 29.2 Å². The monoisotopic (exact) mass is 489 g/mol. The van der Waals surface area contributed by atoms with Crippen molar-refractivity contribution in [2.75, 3.05) is 11.9 Å². The predicted molar refractivity (Wildman–Crippen MR) is 136 cm³/mol. The number of nitrogens with zero attached hydrogens (tertiary/aromatic N) is 1. The van der Waals surface area contributed by atoms with E-state index in [1.165, 1.54) is 31.2 Å². The molecule has 0 saturated heterocycles. The maximum absolute atomic E-state index is 13.0. The topological polar surface area (TPSA) is 95.6 Å². The molecule has 7 nitrogen and oxygen atoms in total. The molecular formula is C27H27N3O4S. The van der Waals surface area contributed by atoms with E-state index < -0.39 is 10.0 Å². The molecule has 0 aliphatic heterocycles. The summed E-state index contributed by atoms with van der Waals surface area (Å²) in [6.45, 7) is 4.00. The normalized spacial score (nSPS) is 10.9. The van der Waals surface area contributed by atoms with Crippen LogP contribution in [0.1, 0.15) is 34.0 Å². The molecule has 0 atom stereocenters. The van der Waals surface area contributed by atoms with Gasteiger partial charge in [-0.3, -0.25) is 9.59 Å². The lowest BCUT2D eigenvalue weighted by Crippen LogP contribution is -2.31. The zero-order valence-corrected chi connectivity index (χ0v) is 20.4. The summed E-state index contributed by atoms with van der Waals surface area (Å²) in [4.78, 5) is 25.8. The number of anilines is 1. The number of carbonyl (C=O) groups is 2. The summed E-state index contributed by atoms with van der Waals surface area (Å²) in [6, 6.07) is 20.5. The number of hydrogen-bond acceptors (Lipinski definition) is 4. The molecule has 0 saturated carbocycles. The van der Waals surface area contributed by atoms with Crippen LogP contribution in [0.15, 0.2) is 77.7 Å². The Morgan fingerprint density at radius 3 is 2.09 bits per heavy atom. The van der Waals surface area contributed by atoms with Crippen molar-refractivity contribution in [2.24, 2.45) is 0 Å². The van der Waals surface area contributed by atoms with Crippen molar-refractivity contribution < 1.29 is 18.0 Å². The molecule has 35 heavy (non-hydrogen) atoms. The van der Waals surface area contributed by atoms with Crippen LogP contribution in [0, 0.1) is 19.3 Å². The van der Waals surface area contributed by atoms with E-state index >= 15 is 0 Å². The summed E-state index contributed by atoms with van der Waals surface area (Å²) in [5.74, 6) is 2.10. The van der Waals surface area contributed by atoms with Gasteiger partial charge in [0.25, 0.3) is 5.91 Å². The Labute approximate surface area is 206 Å². The maximum Gasteiger partial charge on any atom is 0.254 e. The Kier molecular flexibility index (Phi) is 8.42. The third kappa shape index (κ3) is 7.27. The molecule has 3 aromatic carbocycles. The number of rotatable bonds is 9. The van der Waals surface area contributed by atoms with Gasteiger partial charge in [-0.2, -0.15) is 0 Å². The van der Waals surface area contributed by atoms with Crippen LogP contribution in [0.3, 0.4) is 0 Å². The van der Waals surface area contributed by atoms with E-state index in [9.17, 15) is 18.0 Å². The highest BCUT2D eigenvalue weighted by Crippen LogP contribution is 2.16. The number of terminal acetylenes is 1. The first-order valence-corrected chi connectivity index (χ1v) is 12.4. The van der Waals surface area contributed by atoms with Gasteiger partial charge in [-0.25, -0.2) is 13.1 Å². The highest BCUT2D eigenvalue weighted by atomic mass is 32.2. The van der Waals surface area contributed by atoms with Crippen LogP contribution in [0.25, 0.3) is 0 Å². The Morgan fingerprint density at radius 1 is 0.914 bits per heavy atom. The lowest BCUT2D eigenvalue weighted by atomic mass is 10.1. The molecule has 3 rings (SSSR count). The molecule has 0 aliphatic rings. The molecule has 0 fully saturated rings. The van der Waals surface area contributed by atoms with Crippen LogP contribution in [-0.2, 0) is 27.9 Å². The molecule has 2 amide bonds. The van der Waals surface area contributed by atoms with E-state index in [0.29, 0.717) is 23.4 Å². The van der Waals surface area contributed by atoms with Gasteiger partial charge in [0.1, 0.15) is 0 Å². The zero-order chi connectivity index (χ0) is 25.4. The van der Waals surface area contributed by atoms with Crippen molar-refractivity contribution in [1.29, 1.82) is 0 Å². The number of benzene rings is 3. The summed E-state index contributed by atoms with van der Waals surface area (Å²) in [5.41, 5.74) is 3.79. The Balaban J connectivity index is 1.64. The van der Waals surface area contributed by atoms with Crippen molar-refractivity contribution in [2.45, 2.75) is 31.8 Å². The lowest BCUT2D eigenvalue weighted by Gasteiger charge is -2.21. The molecular weight excluding hydrogens is 462 g/mol. The molecule has 2 N–H and O–H groups in total. The van der Waals surface area contributed by atoms with Crippen molar-refractivity contribution in [1.82, 2.24) is 9.62 Å². The fourth-order valence-electron chi connectivity index (χ4n) is 3.35. The zero-order valence-electron chi connectivity index (χ0n) is 19.6. The van der Waals surface area contributed by atoms with Crippen LogP contribution in [0.2, 0.25) is 0 Å².